The lowest BCUT2D eigenvalue weighted by Crippen LogP contribution is -2.09. The number of hydrogen-bond donors (Lipinski definition) is 1. The molecule has 2 aromatic carbocycles. The number of para-hydroxylation sites is 1. The molecular formula is C19H20N2O2. The standard InChI is InChI=1S/C19H20N2O2/c1-4-12(2)18(22)14-8-10-15(11-9-14)20-19-21-17-13(3)6-5-7-16(17)23-19/h5-12H,4H2,1-3H3,(H,20,21). The molecule has 0 bridgehead atoms. The van der Waals surface area contributed by atoms with E-state index >= 15 is 0 Å². The Morgan fingerprint density at radius 2 is 1.96 bits per heavy atom. The van der Waals surface area contributed by atoms with Gasteiger partial charge in [-0.15, -0.1) is 0 Å². The Kier molecular flexibility index (Phi) is 4.15. The summed E-state index contributed by atoms with van der Waals surface area (Å²) in [5.41, 5.74) is 4.27. The van der Waals surface area contributed by atoms with Crippen molar-refractivity contribution < 1.29 is 9.21 Å². The van der Waals surface area contributed by atoms with Gasteiger partial charge in [-0.1, -0.05) is 26.0 Å². The third-order valence-electron chi connectivity index (χ3n) is 4.10. The van der Waals surface area contributed by atoms with Gasteiger partial charge in [0, 0.05) is 17.2 Å². The molecular weight excluding hydrogens is 288 g/mol. The highest BCUT2D eigenvalue weighted by molar-refractivity contribution is 5.97. The number of carbonyl (C=O) groups excluding carboxylic acids is 1. The largest absolute Gasteiger partial charge is 0.423 e. The molecule has 1 heterocycles. The van der Waals surface area contributed by atoms with Crippen molar-refractivity contribution in [2.45, 2.75) is 27.2 Å². The number of Topliss-reactive ketones (excluding diaryl/α,β-unsaturated/α-hetero) is 1. The summed E-state index contributed by atoms with van der Waals surface area (Å²) in [7, 11) is 0. The lowest BCUT2D eigenvalue weighted by molar-refractivity contribution is 0.0927. The summed E-state index contributed by atoms with van der Waals surface area (Å²) >= 11 is 0. The molecule has 118 valence electrons. The number of nitrogens with zero attached hydrogens (tertiary/aromatic N) is 1. The maximum Gasteiger partial charge on any atom is 0.300 e. The number of hydrogen-bond acceptors (Lipinski definition) is 4. The van der Waals surface area contributed by atoms with Crippen LogP contribution in [0.1, 0.15) is 36.2 Å². The topological polar surface area (TPSA) is 55.1 Å². The van der Waals surface area contributed by atoms with Crippen LogP contribution in [0.3, 0.4) is 0 Å². The van der Waals surface area contributed by atoms with Crippen LogP contribution in [0.15, 0.2) is 46.9 Å². The van der Waals surface area contributed by atoms with Gasteiger partial charge in [0.2, 0.25) is 0 Å². The van der Waals surface area contributed by atoms with E-state index in [1.807, 2.05) is 63.2 Å². The molecule has 3 rings (SSSR count). The first-order valence-electron chi connectivity index (χ1n) is 7.86. The van der Waals surface area contributed by atoms with Crippen molar-refractivity contribution in [3.8, 4) is 0 Å². The Morgan fingerprint density at radius 3 is 2.61 bits per heavy atom. The normalized spacial score (nSPS) is 12.3. The quantitative estimate of drug-likeness (QED) is 0.665. The SMILES string of the molecule is CCC(C)C(=O)c1ccc(Nc2nc3c(C)cccc3o2)cc1. The van der Waals surface area contributed by atoms with Crippen LogP contribution >= 0.6 is 0 Å². The maximum atomic E-state index is 12.1. The Hall–Kier alpha value is -2.62. The number of ketones is 1. The van der Waals surface area contributed by atoms with E-state index in [1.165, 1.54) is 0 Å². The smallest absolute Gasteiger partial charge is 0.300 e. The average molecular weight is 308 g/mol. The van der Waals surface area contributed by atoms with E-state index in [0.29, 0.717) is 6.01 Å². The first kappa shape index (κ1) is 15.3. The number of aromatic nitrogens is 1. The van der Waals surface area contributed by atoms with Crippen LogP contribution in [0, 0.1) is 12.8 Å². The highest BCUT2D eigenvalue weighted by Gasteiger charge is 2.13. The lowest BCUT2D eigenvalue weighted by atomic mass is 9.97. The van der Waals surface area contributed by atoms with E-state index in [9.17, 15) is 4.79 Å². The Labute approximate surface area is 135 Å². The van der Waals surface area contributed by atoms with Gasteiger partial charge in [-0.05, 0) is 49.2 Å². The molecule has 1 atom stereocenters. The molecule has 0 aliphatic carbocycles. The van der Waals surface area contributed by atoms with Crippen molar-refractivity contribution in [1.29, 1.82) is 0 Å². The highest BCUT2D eigenvalue weighted by Crippen LogP contribution is 2.24. The van der Waals surface area contributed by atoms with Gasteiger partial charge < -0.3 is 9.73 Å². The van der Waals surface area contributed by atoms with E-state index < -0.39 is 0 Å². The number of oxazole rings is 1. The van der Waals surface area contributed by atoms with Crippen molar-refractivity contribution in [1.82, 2.24) is 4.98 Å². The van der Waals surface area contributed by atoms with Crippen LogP contribution in [0.5, 0.6) is 0 Å². The molecule has 0 saturated carbocycles. The Bertz CT molecular complexity index is 834. The zero-order valence-electron chi connectivity index (χ0n) is 13.6. The zero-order chi connectivity index (χ0) is 16.4. The number of rotatable bonds is 5. The first-order valence-corrected chi connectivity index (χ1v) is 7.86. The Balaban J connectivity index is 1.79. The van der Waals surface area contributed by atoms with E-state index in [4.69, 9.17) is 4.42 Å². The minimum atomic E-state index is 0.0498. The monoisotopic (exact) mass is 308 g/mol. The van der Waals surface area contributed by atoms with Crippen LogP contribution < -0.4 is 5.32 Å². The molecule has 0 spiro atoms. The van der Waals surface area contributed by atoms with Crippen molar-refractivity contribution in [3.63, 3.8) is 0 Å². The lowest BCUT2D eigenvalue weighted by Gasteiger charge is -2.08. The average Bonchev–Trinajstić information content (AvgIpc) is 2.98. The maximum absolute atomic E-state index is 12.1. The fraction of sp³-hybridized carbons (Fsp3) is 0.263. The van der Waals surface area contributed by atoms with Gasteiger partial charge in [-0.2, -0.15) is 4.98 Å². The molecule has 1 aromatic heterocycles. The molecule has 3 aromatic rings. The molecule has 0 aliphatic heterocycles. The van der Waals surface area contributed by atoms with Gasteiger partial charge in [0.15, 0.2) is 11.4 Å². The van der Waals surface area contributed by atoms with E-state index in [-0.39, 0.29) is 11.7 Å². The van der Waals surface area contributed by atoms with E-state index in [2.05, 4.69) is 10.3 Å². The van der Waals surface area contributed by atoms with Crippen LogP contribution in [0.25, 0.3) is 11.1 Å². The van der Waals surface area contributed by atoms with Crippen LogP contribution in [-0.4, -0.2) is 10.8 Å². The van der Waals surface area contributed by atoms with Crippen molar-refractivity contribution in [2.24, 2.45) is 5.92 Å². The fourth-order valence-corrected chi connectivity index (χ4v) is 2.45. The summed E-state index contributed by atoms with van der Waals surface area (Å²) in [6.07, 6.45) is 0.848. The van der Waals surface area contributed by atoms with Crippen molar-refractivity contribution in [3.05, 3.63) is 53.6 Å². The highest BCUT2D eigenvalue weighted by atomic mass is 16.4. The molecule has 0 radical (unpaired) electrons. The predicted octanol–water partition coefficient (Wildman–Crippen LogP) is 5.11. The number of nitrogens with one attached hydrogen (secondary N) is 1. The van der Waals surface area contributed by atoms with Crippen molar-refractivity contribution in [2.75, 3.05) is 5.32 Å². The molecule has 1 unspecified atom stereocenters. The summed E-state index contributed by atoms with van der Waals surface area (Å²) in [4.78, 5) is 16.6. The molecule has 0 aliphatic rings. The third kappa shape index (κ3) is 3.11. The van der Waals surface area contributed by atoms with Crippen LogP contribution in [0.2, 0.25) is 0 Å². The van der Waals surface area contributed by atoms with Gasteiger partial charge in [-0.3, -0.25) is 4.79 Å². The predicted molar refractivity (Wildman–Crippen MR) is 92.3 cm³/mol. The van der Waals surface area contributed by atoms with Crippen LogP contribution in [0.4, 0.5) is 11.7 Å². The fourth-order valence-electron chi connectivity index (χ4n) is 2.45. The molecule has 1 N–H and O–H groups in total. The Morgan fingerprint density at radius 1 is 1.22 bits per heavy atom. The van der Waals surface area contributed by atoms with Crippen molar-refractivity contribution >= 4 is 28.6 Å². The first-order chi connectivity index (χ1) is 11.1. The summed E-state index contributed by atoms with van der Waals surface area (Å²) in [6, 6.07) is 13.7. The van der Waals surface area contributed by atoms with Gasteiger partial charge in [0.05, 0.1) is 0 Å². The number of anilines is 2. The second-order valence-corrected chi connectivity index (χ2v) is 5.82. The number of aryl methyl sites for hydroxylation is 1. The number of carbonyl (C=O) groups is 1. The van der Waals surface area contributed by atoms with Gasteiger partial charge in [-0.25, -0.2) is 0 Å². The minimum Gasteiger partial charge on any atom is -0.423 e. The molecule has 0 amide bonds. The number of benzene rings is 2. The second-order valence-electron chi connectivity index (χ2n) is 5.82. The van der Waals surface area contributed by atoms with Gasteiger partial charge in [0.25, 0.3) is 6.01 Å². The molecule has 4 heteroatoms. The second kappa shape index (κ2) is 6.24. The zero-order valence-corrected chi connectivity index (χ0v) is 13.6. The molecule has 0 fully saturated rings. The minimum absolute atomic E-state index is 0.0498. The van der Waals surface area contributed by atoms with Crippen LogP contribution in [-0.2, 0) is 0 Å². The molecule has 4 nitrogen and oxygen atoms in total. The third-order valence-corrected chi connectivity index (χ3v) is 4.10. The summed E-state index contributed by atoms with van der Waals surface area (Å²) in [6.45, 7) is 5.98. The molecule has 0 saturated heterocycles. The van der Waals surface area contributed by atoms with Gasteiger partial charge in [0.1, 0.15) is 5.52 Å². The van der Waals surface area contributed by atoms with E-state index in [1.54, 1.807) is 0 Å². The van der Waals surface area contributed by atoms with E-state index in [0.717, 1.165) is 34.3 Å². The number of fused-ring (bicyclic) bond motifs is 1. The molecule has 23 heavy (non-hydrogen) atoms. The van der Waals surface area contributed by atoms with Gasteiger partial charge >= 0.3 is 0 Å². The summed E-state index contributed by atoms with van der Waals surface area (Å²) in [5, 5.41) is 3.14. The summed E-state index contributed by atoms with van der Waals surface area (Å²) in [5.74, 6) is 0.227. The summed E-state index contributed by atoms with van der Waals surface area (Å²) < 4.78 is 5.70.